The topological polar surface area (TPSA) is 134 Å². The predicted octanol–water partition coefficient (Wildman–Crippen LogP) is 18.8. The highest BCUT2D eigenvalue weighted by atomic mass is 31.2. The normalized spacial score (nSPS) is 11.0. The summed E-state index contributed by atoms with van der Waals surface area (Å²) in [6.45, 7) is 17.3. The van der Waals surface area contributed by atoms with Gasteiger partial charge in [-0.15, -0.1) is 0 Å². The van der Waals surface area contributed by atoms with Gasteiger partial charge in [-0.1, -0.05) is 144 Å². The van der Waals surface area contributed by atoms with Crippen LogP contribution in [0.3, 0.4) is 0 Å². The first-order valence-electron chi connectivity index (χ1n) is 24.9. The highest BCUT2D eigenvalue weighted by Gasteiger charge is 2.36. The standard InChI is InChI=1S/3C21H21O4P/c1-16-4-10-19(11-5-16)23-26(22,24-20-12-6-17(2)7-13-20)25-21-14-8-18(3)9-15-21;1-16-7-4-10-19(13-16)23-26(22,24-20-11-5-8-17(2)14-20)25-21-12-6-9-18(3)15-21;1-16-10-4-7-13-19(16)23-26(22,24-20-14-8-5-11-17(20)2)25-21-15-9-6-12-18(21)3/h3*4-15H,1-3H3. The Labute approximate surface area is 458 Å². The molecule has 0 amide bonds. The minimum atomic E-state index is -3.97. The number of aryl methyl sites for hydroxylation is 9. The smallest absolute Gasteiger partial charge is 0.386 e. The Morgan fingerprint density at radius 1 is 0.218 bits per heavy atom. The van der Waals surface area contributed by atoms with Gasteiger partial charge in [-0.3, -0.25) is 0 Å². The first-order valence-corrected chi connectivity index (χ1v) is 29.3. The molecule has 0 aliphatic rings. The summed E-state index contributed by atoms with van der Waals surface area (Å²) in [5, 5.41) is 0. The van der Waals surface area contributed by atoms with Crippen molar-refractivity contribution in [2.45, 2.75) is 62.3 Å². The zero-order valence-corrected chi connectivity index (χ0v) is 47.7. The summed E-state index contributed by atoms with van der Waals surface area (Å²) in [5.74, 6) is 3.89. The molecule has 0 saturated carbocycles. The van der Waals surface area contributed by atoms with Crippen molar-refractivity contribution in [2.24, 2.45) is 0 Å². The molecule has 0 bridgehead atoms. The summed E-state index contributed by atoms with van der Waals surface area (Å²) in [6.07, 6.45) is 0. The van der Waals surface area contributed by atoms with E-state index in [0.717, 1.165) is 50.1 Å². The van der Waals surface area contributed by atoms with Crippen molar-refractivity contribution in [1.82, 2.24) is 0 Å². The first-order chi connectivity index (χ1) is 37.3. The lowest BCUT2D eigenvalue weighted by Crippen LogP contribution is -2.09. The van der Waals surface area contributed by atoms with Crippen LogP contribution in [-0.4, -0.2) is 0 Å². The van der Waals surface area contributed by atoms with Crippen molar-refractivity contribution in [3.8, 4) is 51.7 Å². The second-order valence-corrected chi connectivity index (χ2v) is 22.7. The van der Waals surface area contributed by atoms with E-state index < -0.39 is 23.5 Å². The second-order valence-electron chi connectivity index (χ2n) is 18.3. The molecule has 9 aromatic rings. The Morgan fingerprint density at radius 2 is 0.449 bits per heavy atom. The summed E-state index contributed by atoms with van der Waals surface area (Å²) < 4.78 is 91.4. The summed E-state index contributed by atoms with van der Waals surface area (Å²) in [7, 11) is -11.8. The third-order valence-corrected chi connectivity index (χ3v) is 15.1. The number of phosphoric acid groups is 3. The maximum atomic E-state index is 13.5. The van der Waals surface area contributed by atoms with E-state index in [0.29, 0.717) is 51.7 Å². The zero-order chi connectivity index (χ0) is 55.7. The Morgan fingerprint density at radius 3 is 0.692 bits per heavy atom. The lowest BCUT2D eigenvalue weighted by atomic mass is 10.2. The van der Waals surface area contributed by atoms with Gasteiger partial charge in [0.15, 0.2) is 0 Å². The van der Waals surface area contributed by atoms with Gasteiger partial charge in [-0.2, -0.15) is 13.7 Å². The fraction of sp³-hybridized carbons (Fsp3) is 0.143. The molecule has 15 heteroatoms. The van der Waals surface area contributed by atoms with Gasteiger partial charge >= 0.3 is 23.5 Å². The number of hydrogen-bond acceptors (Lipinski definition) is 12. The van der Waals surface area contributed by atoms with Gasteiger partial charge in [0.2, 0.25) is 0 Å². The van der Waals surface area contributed by atoms with E-state index in [2.05, 4.69) is 0 Å². The van der Waals surface area contributed by atoms with Crippen LogP contribution in [0.25, 0.3) is 0 Å². The van der Waals surface area contributed by atoms with Crippen molar-refractivity contribution in [3.63, 3.8) is 0 Å². The summed E-state index contributed by atoms with van der Waals surface area (Å²) in [6, 6.07) is 65.4. The van der Waals surface area contributed by atoms with Crippen LogP contribution in [0.15, 0.2) is 218 Å². The number of rotatable bonds is 18. The minimum Gasteiger partial charge on any atom is -0.386 e. The van der Waals surface area contributed by atoms with Crippen LogP contribution in [0.4, 0.5) is 0 Å². The van der Waals surface area contributed by atoms with Crippen LogP contribution >= 0.6 is 23.5 Å². The molecule has 0 fully saturated rings. The van der Waals surface area contributed by atoms with E-state index in [4.69, 9.17) is 40.7 Å². The van der Waals surface area contributed by atoms with Crippen LogP contribution in [0, 0.1) is 62.3 Å². The maximum absolute atomic E-state index is 13.5. The average Bonchev–Trinajstić information content (AvgIpc) is 3.38. The van der Waals surface area contributed by atoms with Crippen LogP contribution in [0.1, 0.15) is 50.1 Å². The molecule has 9 rings (SSSR count). The van der Waals surface area contributed by atoms with Crippen molar-refractivity contribution in [3.05, 3.63) is 268 Å². The van der Waals surface area contributed by atoms with Crippen molar-refractivity contribution in [1.29, 1.82) is 0 Å². The molecule has 0 spiro atoms. The van der Waals surface area contributed by atoms with Crippen molar-refractivity contribution >= 4 is 23.5 Å². The Kier molecular flexibility index (Phi) is 19.8. The Balaban J connectivity index is 0.000000170. The summed E-state index contributed by atoms with van der Waals surface area (Å²) >= 11 is 0. The molecule has 12 nitrogen and oxygen atoms in total. The highest BCUT2D eigenvalue weighted by Crippen LogP contribution is 2.53. The molecule has 9 aromatic carbocycles. The molecule has 0 N–H and O–H groups in total. The third kappa shape index (κ3) is 18.0. The Hall–Kier alpha value is -8.13. The van der Waals surface area contributed by atoms with Gasteiger partial charge in [0.1, 0.15) is 51.7 Å². The molecule has 0 saturated heterocycles. The number of para-hydroxylation sites is 3. The lowest BCUT2D eigenvalue weighted by Gasteiger charge is -2.21. The van der Waals surface area contributed by atoms with Gasteiger partial charge in [-0.25, -0.2) is 0 Å². The predicted molar refractivity (Wildman–Crippen MR) is 309 cm³/mol. The maximum Gasteiger partial charge on any atom is 0.647 e. The molecule has 0 aliphatic carbocycles. The largest absolute Gasteiger partial charge is 0.647 e. The van der Waals surface area contributed by atoms with E-state index in [-0.39, 0.29) is 0 Å². The van der Waals surface area contributed by atoms with Gasteiger partial charge in [-0.05, 0) is 187 Å². The second kappa shape index (κ2) is 26.8. The Bertz CT molecular complexity index is 3180. The molecular formula is C63H63O12P3. The van der Waals surface area contributed by atoms with E-state index in [9.17, 15) is 13.7 Å². The molecule has 0 aromatic heterocycles. The van der Waals surface area contributed by atoms with E-state index >= 15 is 0 Å². The molecular weight excluding hydrogens is 1040 g/mol. The van der Waals surface area contributed by atoms with Crippen LogP contribution in [-0.2, 0) is 13.7 Å². The summed E-state index contributed by atoms with van der Waals surface area (Å²) in [5.41, 5.74) is 8.71. The van der Waals surface area contributed by atoms with Gasteiger partial charge in [0.05, 0.1) is 0 Å². The van der Waals surface area contributed by atoms with Gasteiger partial charge in [0.25, 0.3) is 0 Å². The quantitative estimate of drug-likeness (QED) is 0.0757. The zero-order valence-electron chi connectivity index (χ0n) is 45.0. The molecule has 0 unspecified atom stereocenters. The van der Waals surface area contributed by atoms with Gasteiger partial charge < -0.3 is 40.7 Å². The highest BCUT2D eigenvalue weighted by molar-refractivity contribution is 7.50. The average molecular weight is 1110 g/mol. The molecule has 0 atom stereocenters. The fourth-order valence-corrected chi connectivity index (χ4v) is 11.0. The first kappa shape index (κ1) is 57.6. The van der Waals surface area contributed by atoms with E-state index in [1.165, 1.54) is 0 Å². The van der Waals surface area contributed by atoms with Gasteiger partial charge in [0, 0.05) is 0 Å². The monoisotopic (exact) mass is 1100 g/mol. The fourth-order valence-electron chi connectivity index (χ4n) is 7.09. The van der Waals surface area contributed by atoms with E-state index in [1.807, 2.05) is 190 Å². The molecule has 0 aliphatic heterocycles. The number of hydrogen-bond donors (Lipinski definition) is 0. The van der Waals surface area contributed by atoms with Crippen LogP contribution in [0.5, 0.6) is 51.7 Å². The SMILES string of the molecule is Cc1ccc(OP(=O)(Oc2ccc(C)cc2)Oc2ccc(C)cc2)cc1.Cc1cccc(OP(=O)(Oc2cccc(C)c2)Oc2cccc(C)c2)c1.Cc1ccccc1OP(=O)(Oc1ccccc1C)Oc1ccccc1C. The van der Waals surface area contributed by atoms with E-state index in [1.54, 1.807) is 91.0 Å². The van der Waals surface area contributed by atoms with Crippen LogP contribution < -0.4 is 40.7 Å². The number of phosphoric ester groups is 3. The van der Waals surface area contributed by atoms with Crippen molar-refractivity contribution < 1.29 is 54.4 Å². The molecule has 0 heterocycles. The molecule has 78 heavy (non-hydrogen) atoms. The molecule has 0 radical (unpaired) electrons. The number of benzene rings is 9. The summed E-state index contributed by atoms with van der Waals surface area (Å²) in [4.78, 5) is 0. The third-order valence-electron chi connectivity index (χ3n) is 11.2. The van der Waals surface area contributed by atoms with Crippen molar-refractivity contribution in [2.75, 3.05) is 0 Å². The lowest BCUT2D eigenvalue weighted by molar-refractivity contribution is 0.295. The molecule has 402 valence electrons. The van der Waals surface area contributed by atoms with Crippen LogP contribution in [0.2, 0.25) is 0 Å². The minimum absolute atomic E-state index is 0.415.